The summed E-state index contributed by atoms with van der Waals surface area (Å²) in [6, 6.07) is 4.46. The Morgan fingerprint density at radius 2 is 2.04 bits per heavy atom. The van der Waals surface area contributed by atoms with E-state index >= 15 is 0 Å². The van der Waals surface area contributed by atoms with E-state index in [-0.39, 0.29) is 30.9 Å². The van der Waals surface area contributed by atoms with Crippen LogP contribution in [0.25, 0.3) is 0 Å². The summed E-state index contributed by atoms with van der Waals surface area (Å²) in [6.45, 7) is 1.60. The highest BCUT2D eigenvalue weighted by Crippen LogP contribution is 2.35. The van der Waals surface area contributed by atoms with Crippen molar-refractivity contribution < 1.29 is 32.6 Å². The smallest absolute Gasteiger partial charge is 0.419 e. The Bertz CT molecular complexity index is 731. The van der Waals surface area contributed by atoms with Crippen molar-refractivity contribution in [3.8, 4) is 5.75 Å². The van der Waals surface area contributed by atoms with E-state index in [1.54, 1.807) is 6.92 Å². The first-order valence-corrected chi connectivity index (χ1v) is 7.88. The van der Waals surface area contributed by atoms with Gasteiger partial charge in [0.05, 0.1) is 24.3 Å². The van der Waals surface area contributed by atoms with Crippen molar-refractivity contribution in [1.29, 1.82) is 0 Å². The predicted octanol–water partition coefficient (Wildman–Crippen LogP) is 2.26. The second-order valence-corrected chi connectivity index (χ2v) is 5.99. The Balaban J connectivity index is 1.88. The maximum atomic E-state index is 12.9. The van der Waals surface area contributed by atoms with Crippen LogP contribution in [0.5, 0.6) is 5.75 Å². The maximum absolute atomic E-state index is 12.9. The molecule has 6 nitrogen and oxygen atoms in total. The van der Waals surface area contributed by atoms with Crippen LogP contribution in [-0.2, 0) is 15.8 Å². The van der Waals surface area contributed by atoms with Crippen LogP contribution in [0.4, 0.5) is 13.2 Å². The van der Waals surface area contributed by atoms with E-state index in [0.29, 0.717) is 0 Å². The van der Waals surface area contributed by atoms with Crippen molar-refractivity contribution in [3.05, 3.63) is 41.2 Å². The van der Waals surface area contributed by atoms with Gasteiger partial charge in [0.15, 0.2) is 5.76 Å². The average molecular weight is 372 g/mol. The van der Waals surface area contributed by atoms with Gasteiger partial charge in [-0.25, -0.2) is 0 Å². The van der Waals surface area contributed by atoms with Crippen LogP contribution in [0.15, 0.2) is 35.6 Å². The Kier molecular flexibility index (Phi) is 5.79. The first-order chi connectivity index (χ1) is 12.1. The third-order valence-electron chi connectivity index (χ3n) is 3.88. The Morgan fingerprint density at radius 1 is 1.38 bits per heavy atom. The van der Waals surface area contributed by atoms with E-state index in [2.05, 4.69) is 5.32 Å². The fourth-order valence-electron chi connectivity index (χ4n) is 2.43. The fourth-order valence-corrected chi connectivity index (χ4v) is 2.43. The molecule has 0 bridgehead atoms. The number of rotatable bonds is 6. The number of halogens is 3. The second kappa shape index (κ2) is 7.67. The highest BCUT2D eigenvalue weighted by atomic mass is 19.4. The molecule has 1 heterocycles. The molecule has 2 N–H and O–H groups in total. The number of aliphatic hydroxyl groups is 1. The molecule has 0 radical (unpaired) electrons. The Morgan fingerprint density at radius 3 is 2.62 bits per heavy atom. The number of likely N-dealkylation sites (N-methyl/N-ethyl adjacent to an activating group) is 1. The molecule has 1 atom stereocenters. The molecule has 0 spiro atoms. The van der Waals surface area contributed by atoms with Crippen LogP contribution in [0, 0.1) is 0 Å². The molecule has 1 aliphatic rings. The highest BCUT2D eigenvalue weighted by Gasteiger charge is 2.34. The molecule has 0 saturated heterocycles. The van der Waals surface area contributed by atoms with Crippen molar-refractivity contribution >= 4 is 11.8 Å². The molecular weight excluding hydrogens is 353 g/mol. The second-order valence-electron chi connectivity index (χ2n) is 5.99. The SMILES string of the molecule is CC(CCOc1ccccc1C(F)(F)F)NC(=O)C1=C(O)C(=O)N(C)C1. The van der Waals surface area contributed by atoms with Gasteiger partial charge in [0, 0.05) is 19.5 Å². The van der Waals surface area contributed by atoms with Crippen LogP contribution >= 0.6 is 0 Å². The van der Waals surface area contributed by atoms with Crippen LogP contribution in [0.2, 0.25) is 0 Å². The Hall–Kier alpha value is -2.71. The first kappa shape index (κ1) is 19.6. The number of amides is 2. The summed E-state index contributed by atoms with van der Waals surface area (Å²) >= 11 is 0. The van der Waals surface area contributed by atoms with E-state index in [0.717, 1.165) is 6.07 Å². The van der Waals surface area contributed by atoms with Crippen LogP contribution in [-0.4, -0.2) is 48.1 Å². The predicted molar refractivity (Wildman–Crippen MR) is 86.5 cm³/mol. The van der Waals surface area contributed by atoms with E-state index in [1.165, 1.54) is 30.1 Å². The minimum absolute atomic E-state index is 0.00131. The molecule has 0 aliphatic carbocycles. The topological polar surface area (TPSA) is 78.9 Å². The molecule has 2 amide bonds. The number of ether oxygens (including phenoxy) is 1. The Labute approximate surface area is 148 Å². The molecule has 1 unspecified atom stereocenters. The van der Waals surface area contributed by atoms with Gasteiger partial charge in [0.25, 0.3) is 11.8 Å². The van der Waals surface area contributed by atoms with Gasteiger partial charge in [-0.3, -0.25) is 9.59 Å². The van der Waals surface area contributed by atoms with Crippen molar-refractivity contribution in [2.24, 2.45) is 0 Å². The average Bonchev–Trinajstić information content (AvgIpc) is 2.82. The van der Waals surface area contributed by atoms with Crippen molar-refractivity contribution in [3.63, 3.8) is 0 Å². The molecule has 9 heteroatoms. The molecule has 26 heavy (non-hydrogen) atoms. The van der Waals surface area contributed by atoms with Gasteiger partial charge in [-0.1, -0.05) is 12.1 Å². The number of nitrogens with zero attached hydrogens (tertiary/aromatic N) is 1. The molecule has 0 fully saturated rings. The van der Waals surface area contributed by atoms with E-state index in [1.807, 2.05) is 0 Å². The molecule has 2 rings (SSSR count). The summed E-state index contributed by atoms with van der Waals surface area (Å²) < 4.78 is 43.8. The summed E-state index contributed by atoms with van der Waals surface area (Å²) in [5, 5.41) is 12.2. The van der Waals surface area contributed by atoms with Gasteiger partial charge >= 0.3 is 6.18 Å². The molecule has 142 valence electrons. The maximum Gasteiger partial charge on any atom is 0.419 e. The summed E-state index contributed by atoms with van der Waals surface area (Å²) in [7, 11) is 1.45. The monoisotopic (exact) mass is 372 g/mol. The summed E-state index contributed by atoms with van der Waals surface area (Å²) in [4.78, 5) is 24.8. The number of carbonyl (C=O) groups is 2. The lowest BCUT2D eigenvalue weighted by Crippen LogP contribution is -2.36. The zero-order valence-corrected chi connectivity index (χ0v) is 14.3. The van der Waals surface area contributed by atoms with Gasteiger partial charge in [-0.15, -0.1) is 0 Å². The summed E-state index contributed by atoms with van der Waals surface area (Å²) in [5.74, 6) is -2.09. The minimum Gasteiger partial charge on any atom is -0.503 e. The quantitative estimate of drug-likeness (QED) is 0.803. The first-order valence-electron chi connectivity index (χ1n) is 7.88. The summed E-state index contributed by atoms with van der Waals surface area (Å²) in [5.41, 5.74) is -0.896. The van der Waals surface area contributed by atoms with Crippen molar-refractivity contribution in [1.82, 2.24) is 10.2 Å². The van der Waals surface area contributed by atoms with Gasteiger partial charge in [0.2, 0.25) is 0 Å². The van der Waals surface area contributed by atoms with Crippen LogP contribution in [0.1, 0.15) is 18.9 Å². The number of para-hydroxylation sites is 1. The number of alkyl halides is 3. The number of hydrogen-bond acceptors (Lipinski definition) is 4. The third-order valence-corrected chi connectivity index (χ3v) is 3.88. The highest BCUT2D eigenvalue weighted by molar-refractivity contribution is 6.06. The van der Waals surface area contributed by atoms with Crippen LogP contribution in [0.3, 0.4) is 0 Å². The number of aliphatic hydroxyl groups excluding tert-OH is 1. The normalized spacial score (nSPS) is 16.0. The lowest BCUT2D eigenvalue weighted by molar-refractivity contribution is -0.139. The number of nitrogens with one attached hydrogen (secondary N) is 1. The van der Waals surface area contributed by atoms with E-state index in [4.69, 9.17) is 4.74 Å². The molecule has 1 aromatic rings. The van der Waals surface area contributed by atoms with Gasteiger partial charge in [-0.2, -0.15) is 13.2 Å². The number of hydrogen-bond donors (Lipinski definition) is 2. The lowest BCUT2D eigenvalue weighted by Gasteiger charge is -2.17. The number of benzene rings is 1. The molecular formula is C17H19F3N2O4. The fraction of sp³-hybridized carbons (Fsp3) is 0.412. The zero-order valence-electron chi connectivity index (χ0n) is 14.3. The summed E-state index contributed by atoms with van der Waals surface area (Å²) in [6.07, 6.45) is -4.27. The zero-order chi connectivity index (χ0) is 19.5. The lowest BCUT2D eigenvalue weighted by atomic mass is 10.2. The minimum atomic E-state index is -4.51. The van der Waals surface area contributed by atoms with Gasteiger partial charge in [0.1, 0.15) is 5.75 Å². The van der Waals surface area contributed by atoms with Crippen LogP contribution < -0.4 is 10.1 Å². The molecule has 0 aromatic heterocycles. The largest absolute Gasteiger partial charge is 0.503 e. The standard InChI is InChI=1S/C17H19F3N2O4/c1-10(21-15(24)11-9-22(2)16(25)14(11)23)7-8-26-13-6-4-3-5-12(13)17(18,19)20/h3-6,10,23H,7-9H2,1-2H3,(H,21,24). The van der Waals surface area contributed by atoms with E-state index < -0.39 is 35.4 Å². The van der Waals surface area contributed by atoms with E-state index in [9.17, 15) is 27.9 Å². The molecule has 0 saturated carbocycles. The number of carbonyl (C=O) groups excluding carboxylic acids is 2. The van der Waals surface area contributed by atoms with Crippen molar-refractivity contribution in [2.45, 2.75) is 25.6 Å². The van der Waals surface area contributed by atoms with Gasteiger partial charge < -0.3 is 20.1 Å². The molecule has 1 aromatic carbocycles. The third kappa shape index (κ3) is 4.47. The molecule has 1 aliphatic heterocycles. The van der Waals surface area contributed by atoms with Crippen molar-refractivity contribution in [2.75, 3.05) is 20.2 Å². The van der Waals surface area contributed by atoms with Gasteiger partial charge in [-0.05, 0) is 19.1 Å².